The smallest absolute Gasteiger partial charge is 0.543 e. The summed E-state index contributed by atoms with van der Waals surface area (Å²) in [5.74, 6) is -4.06. The molecule has 1 fully saturated rings. The molecule has 8 nitrogen and oxygen atoms in total. The maximum Gasteiger partial charge on any atom is 1.00 e. The van der Waals surface area contributed by atoms with Gasteiger partial charge in [0.05, 0.1) is 27.9 Å². The molecule has 1 amide bonds. The van der Waals surface area contributed by atoms with Crippen molar-refractivity contribution in [1.82, 2.24) is 4.90 Å². The summed E-state index contributed by atoms with van der Waals surface area (Å²) in [5.41, 5.74) is 5.72. The molecule has 3 rings (SSSR count). The summed E-state index contributed by atoms with van der Waals surface area (Å²) in [6, 6.07) is 7.47. The number of aliphatic hydroxyl groups excluding tert-OH is 1. The van der Waals surface area contributed by atoms with Crippen LogP contribution in [0.25, 0.3) is 0 Å². The summed E-state index contributed by atoms with van der Waals surface area (Å²) in [4.78, 5) is 35.8. The molecule has 0 aromatic heterocycles. The van der Waals surface area contributed by atoms with Crippen molar-refractivity contribution >= 4 is 41.4 Å². The molecule has 1 saturated heterocycles. The standard InChI is InChI=1S/C16H16N2O6S2.Na/c17-8(14(21)22)6-25-16-10(15(23)24)18-12(20)9(13(18)26-16)11(19)7-4-2-1-3-5-7;/h1-5,8-9,11,13,19H,6,17H2,(H,21,22)(H,23,24);/q;+1/p-1/t8-,9+,11?,13-;/m1./s1. The van der Waals surface area contributed by atoms with Crippen LogP contribution in [0.4, 0.5) is 0 Å². The van der Waals surface area contributed by atoms with Gasteiger partial charge in [-0.15, -0.1) is 11.8 Å². The van der Waals surface area contributed by atoms with Crippen LogP contribution in [0.2, 0.25) is 0 Å². The second kappa shape index (κ2) is 8.99. The molecule has 0 radical (unpaired) electrons. The van der Waals surface area contributed by atoms with E-state index in [2.05, 4.69) is 0 Å². The van der Waals surface area contributed by atoms with Gasteiger partial charge in [0, 0.05) is 5.75 Å². The minimum Gasteiger partial charge on any atom is -0.543 e. The Labute approximate surface area is 185 Å². The first-order chi connectivity index (χ1) is 12.3. The van der Waals surface area contributed by atoms with E-state index >= 15 is 0 Å². The number of rotatable bonds is 7. The van der Waals surface area contributed by atoms with Crippen molar-refractivity contribution in [3.8, 4) is 0 Å². The molecule has 1 aromatic rings. The maximum atomic E-state index is 12.5. The van der Waals surface area contributed by atoms with Gasteiger partial charge in [-0.3, -0.25) is 14.5 Å². The van der Waals surface area contributed by atoms with E-state index in [0.717, 1.165) is 28.4 Å². The van der Waals surface area contributed by atoms with Crippen molar-refractivity contribution in [2.45, 2.75) is 17.5 Å². The first kappa shape index (κ1) is 22.3. The Kier molecular flexibility index (Phi) is 7.42. The average molecular weight is 418 g/mol. The first-order valence-corrected chi connectivity index (χ1v) is 9.49. The van der Waals surface area contributed by atoms with Crippen molar-refractivity contribution in [1.29, 1.82) is 0 Å². The van der Waals surface area contributed by atoms with Gasteiger partial charge >= 0.3 is 35.5 Å². The van der Waals surface area contributed by atoms with Crippen molar-refractivity contribution in [2.75, 3.05) is 5.75 Å². The quantitative estimate of drug-likeness (QED) is 0.301. The second-order valence-corrected chi connectivity index (χ2v) is 8.19. The summed E-state index contributed by atoms with van der Waals surface area (Å²) in [6.45, 7) is 0. The van der Waals surface area contributed by atoms with Crippen molar-refractivity contribution in [3.05, 3.63) is 45.8 Å². The Morgan fingerprint density at radius 1 is 1.33 bits per heavy atom. The van der Waals surface area contributed by atoms with Gasteiger partial charge in [-0.05, 0) is 5.56 Å². The van der Waals surface area contributed by atoms with Crippen LogP contribution in [0, 0.1) is 5.92 Å². The Balaban J connectivity index is 0.00000261. The number of amides is 1. The van der Waals surface area contributed by atoms with E-state index in [1.54, 1.807) is 30.3 Å². The van der Waals surface area contributed by atoms with Gasteiger partial charge in [0.1, 0.15) is 11.4 Å². The van der Waals surface area contributed by atoms with Gasteiger partial charge in [0.15, 0.2) is 0 Å². The number of benzene rings is 1. The predicted molar refractivity (Wildman–Crippen MR) is 93.2 cm³/mol. The average Bonchev–Trinajstić information content (AvgIpc) is 2.95. The number of carbonyl (C=O) groups is 3. The normalized spacial score (nSPS) is 23.2. The Morgan fingerprint density at radius 3 is 2.52 bits per heavy atom. The molecule has 2 aliphatic heterocycles. The van der Waals surface area contributed by atoms with E-state index < -0.39 is 41.3 Å². The fourth-order valence-corrected chi connectivity index (χ4v) is 5.59. The van der Waals surface area contributed by atoms with E-state index in [1.165, 1.54) is 0 Å². The molecule has 2 aliphatic rings. The molecule has 4 atom stereocenters. The topological polar surface area (TPSA) is 144 Å². The van der Waals surface area contributed by atoms with Crippen LogP contribution in [0.15, 0.2) is 40.3 Å². The van der Waals surface area contributed by atoms with Crippen LogP contribution in [-0.4, -0.2) is 50.1 Å². The molecule has 0 spiro atoms. The van der Waals surface area contributed by atoms with Crippen LogP contribution in [-0.2, 0) is 14.4 Å². The molecule has 138 valence electrons. The molecule has 2 heterocycles. The van der Waals surface area contributed by atoms with Gasteiger partial charge in [0.25, 0.3) is 0 Å². The predicted octanol–water partition coefficient (Wildman–Crippen LogP) is -3.68. The number of nitrogens with zero attached hydrogens (tertiary/aromatic N) is 1. The van der Waals surface area contributed by atoms with Crippen LogP contribution < -0.4 is 40.4 Å². The Morgan fingerprint density at radius 2 is 1.96 bits per heavy atom. The third-order valence-electron chi connectivity index (χ3n) is 4.13. The number of thioether (sulfide) groups is 2. The van der Waals surface area contributed by atoms with Gasteiger partial charge in [0.2, 0.25) is 5.91 Å². The van der Waals surface area contributed by atoms with E-state index in [1.807, 2.05) is 0 Å². The number of carboxylic acid groups (broad SMARTS) is 2. The number of nitrogens with two attached hydrogens (primary N) is 1. The Bertz CT molecular complexity index is 790. The van der Waals surface area contributed by atoms with Crippen molar-refractivity contribution in [2.24, 2.45) is 11.7 Å². The first-order valence-electron chi connectivity index (χ1n) is 7.62. The number of β-lactam (4-membered cyclic amide) rings is 1. The largest absolute Gasteiger partial charge is 1.00 e. The molecule has 1 aromatic carbocycles. The number of hydrogen-bond donors (Lipinski definition) is 3. The zero-order valence-electron chi connectivity index (χ0n) is 14.3. The summed E-state index contributed by atoms with van der Waals surface area (Å²) in [5, 5.41) is 30.3. The van der Waals surface area contributed by atoms with Gasteiger partial charge in [-0.1, -0.05) is 42.1 Å². The number of aliphatic hydroxyl groups is 1. The summed E-state index contributed by atoms with van der Waals surface area (Å²) < 4.78 is 0.266. The number of carboxylic acids is 2. The molecule has 11 heteroatoms. The van der Waals surface area contributed by atoms with E-state index in [9.17, 15) is 24.6 Å². The molecule has 0 saturated carbocycles. The van der Waals surface area contributed by atoms with Crippen LogP contribution in [0.5, 0.6) is 0 Å². The summed E-state index contributed by atoms with van der Waals surface area (Å²) in [7, 11) is 0. The van der Waals surface area contributed by atoms with E-state index in [4.69, 9.17) is 10.8 Å². The minimum atomic E-state index is -1.52. The summed E-state index contributed by atoms with van der Waals surface area (Å²) >= 11 is 2.06. The monoisotopic (exact) mass is 418 g/mol. The van der Waals surface area contributed by atoms with Crippen molar-refractivity contribution in [3.63, 3.8) is 0 Å². The number of aliphatic carboxylic acids is 2. The van der Waals surface area contributed by atoms with Crippen LogP contribution in [0.3, 0.4) is 0 Å². The number of fused-ring (bicyclic) bond motifs is 1. The van der Waals surface area contributed by atoms with Gasteiger partial charge < -0.3 is 25.8 Å². The van der Waals surface area contributed by atoms with E-state index in [-0.39, 0.29) is 45.2 Å². The summed E-state index contributed by atoms with van der Waals surface area (Å²) in [6.07, 6.45) is -1.06. The maximum absolute atomic E-state index is 12.5. The fraction of sp³-hybridized carbons (Fsp3) is 0.312. The zero-order valence-corrected chi connectivity index (χ0v) is 17.9. The number of carbonyl (C=O) groups excluding carboxylic acids is 2. The molecule has 1 unspecified atom stereocenters. The fourth-order valence-electron chi connectivity index (χ4n) is 2.78. The van der Waals surface area contributed by atoms with E-state index in [0.29, 0.717) is 5.56 Å². The molecule has 4 N–H and O–H groups in total. The minimum absolute atomic E-state index is 0. The van der Waals surface area contributed by atoms with Gasteiger partial charge in [-0.25, -0.2) is 0 Å². The third-order valence-corrected chi connectivity index (χ3v) is 6.91. The third kappa shape index (κ3) is 4.21. The Hall–Kier alpha value is -1.01. The zero-order chi connectivity index (χ0) is 19.0. The van der Waals surface area contributed by atoms with Gasteiger partial charge in [-0.2, -0.15) is 0 Å². The molecular weight excluding hydrogens is 403 g/mol. The second-order valence-electron chi connectivity index (χ2n) is 5.78. The van der Waals surface area contributed by atoms with Crippen molar-refractivity contribution < 1.29 is 59.3 Å². The SMILES string of the molecule is N[C@H](CSC1=C(C(=O)[O-])N2C(=O)[C@H](C(O)c3ccccc3)[C@H]2S1)C(=O)O.[Na+]. The molecule has 27 heavy (non-hydrogen) atoms. The molecule has 0 bridgehead atoms. The number of hydrogen-bond acceptors (Lipinski definition) is 8. The van der Waals surface area contributed by atoms with Crippen LogP contribution in [0.1, 0.15) is 11.7 Å². The molecular formula is C16H15N2NaO6S2. The molecule has 0 aliphatic carbocycles. The van der Waals surface area contributed by atoms with Crippen LogP contribution >= 0.6 is 23.5 Å².